The van der Waals surface area contributed by atoms with E-state index in [0.717, 1.165) is 17.8 Å². The molecule has 4 rings (SSSR count). The number of benzene rings is 2. The molecule has 4 aromatic rings. The van der Waals surface area contributed by atoms with Gasteiger partial charge < -0.3 is 15.1 Å². The van der Waals surface area contributed by atoms with E-state index in [1.807, 2.05) is 30.3 Å². The molecule has 0 spiro atoms. The van der Waals surface area contributed by atoms with Crippen molar-refractivity contribution in [1.29, 1.82) is 0 Å². The molecule has 2 amide bonds. The van der Waals surface area contributed by atoms with E-state index in [4.69, 9.17) is 4.42 Å². The van der Waals surface area contributed by atoms with Gasteiger partial charge in [-0.1, -0.05) is 18.2 Å². The van der Waals surface area contributed by atoms with E-state index in [2.05, 4.69) is 15.7 Å². The van der Waals surface area contributed by atoms with Crippen molar-refractivity contribution in [3.63, 3.8) is 0 Å². The summed E-state index contributed by atoms with van der Waals surface area (Å²) in [4.78, 5) is 24.5. The zero-order valence-corrected chi connectivity index (χ0v) is 17.0. The van der Waals surface area contributed by atoms with E-state index in [0.29, 0.717) is 5.56 Å². The number of anilines is 2. The van der Waals surface area contributed by atoms with Crippen molar-refractivity contribution in [1.82, 2.24) is 9.78 Å². The van der Waals surface area contributed by atoms with Gasteiger partial charge in [0.15, 0.2) is 5.76 Å². The van der Waals surface area contributed by atoms with E-state index in [1.54, 1.807) is 10.9 Å². The molecule has 0 saturated carbocycles. The van der Waals surface area contributed by atoms with Crippen molar-refractivity contribution < 1.29 is 27.2 Å². The molecule has 0 aliphatic rings. The third-order valence-electron chi connectivity index (χ3n) is 4.62. The van der Waals surface area contributed by atoms with Crippen LogP contribution in [0.25, 0.3) is 5.69 Å². The molecule has 33 heavy (non-hydrogen) atoms. The van der Waals surface area contributed by atoms with Crippen molar-refractivity contribution >= 4 is 23.2 Å². The fourth-order valence-corrected chi connectivity index (χ4v) is 3.12. The van der Waals surface area contributed by atoms with Gasteiger partial charge in [0.2, 0.25) is 5.91 Å². The fourth-order valence-electron chi connectivity index (χ4n) is 3.12. The van der Waals surface area contributed by atoms with E-state index in [1.165, 1.54) is 30.7 Å². The van der Waals surface area contributed by atoms with Gasteiger partial charge in [0.05, 0.1) is 35.8 Å². The molecular weight excluding hydrogens is 437 g/mol. The SMILES string of the molecule is O=C(Cc1cnn(-c2ccccc2)c1)Nc1ccc(NC(=O)c2ccco2)cc1C(F)(F)F. The average Bonchev–Trinajstić information content (AvgIpc) is 3.47. The Morgan fingerprint density at radius 2 is 1.79 bits per heavy atom. The largest absolute Gasteiger partial charge is 0.459 e. The Hall–Kier alpha value is -4.34. The molecule has 2 aromatic carbocycles. The first-order chi connectivity index (χ1) is 15.8. The molecular formula is C23H17F3N4O3. The Morgan fingerprint density at radius 1 is 1.00 bits per heavy atom. The summed E-state index contributed by atoms with van der Waals surface area (Å²) in [7, 11) is 0. The van der Waals surface area contributed by atoms with E-state index in [9.17, 15) is 22.8 Å². The topological polar surface area (TPSA) is 89.2 Å². The van der Waals surface area contributed by atoms with Gasteiger partial charge in [-0.2, -0.15) is 18.3 Å². The summed E-state index contributed by atoms with van der Waals surface area (Å²) in [6.45, 7) is 0. The third-order valence-corrected chi connectivity index (χ3v) is 4.62. The third kappa shape index (κ3) is 5.29. The van der Waals surface area contributed by atoms with Crippen LogP contribution in [0.2, 0.25) is 0 Å². The normalized spacial score (nSPS) is 11.2. The number of halogens is 3. The number of nitrogens with one attached hydrogen (secondary N) is 2. The maximum Gasteiger partial charge on any atom is 0.418 e. The summed E-state index contributed by atoms with van der Waals surface area (Å²) in [6, 6.07) is 15.2. The van der Waals surface area contributed by atoms with Gasteiger partial charge in [0.1, 0.15) is 0 Å². The lowest BCUT2D eigenvalue weighted by Gasteiger charge is -2.15. The van der Waals surface area contributed by atoms with Crippen LogP contribution in [0.1, 0.15) is 21.7 Å². The number of alkyl halides is 3. The Labute approximate surface area is 185 Å². The Morgan fingerprint density at radius 3 is 2.48 bits per heavy atom. The average molecular weight is 454 g/mol. The summed E-state index contributed by atoms with van der Waals surface area (Å²) in [6.07, 6.45) is -0.539. The lowest BCUT2D eigenvalue weighted by molar-refractivity contribution is -0.136. The number of aromatic nitrogens is 2. The Kier molecular flexibility index (Phi) is 5.99. The number of carbonyl (C=O) groups excluding carboxylic acids is 2. The second kappa shape index (κ2) is 9.03. The molecule has 2 aromatic heterocycles. The minimum atomic E-state index is -4.76. The van der Waals surface area contributed by atoms with Gasteiger partial charge in [-0.3, -0.25) is 9.59 Å². The van der Waals surface area contributed by atoms with Crippen LogP contribution in [-0.4, -0.2) is 21.6 Å². The highest BCUT2D eigenvalue weighted by Crippen LogP contribution is 2.36. The lowest BCUT2D eigenvalue weighted by atomic mass is 10.1. The summed E-state index contributed by atoms with van der Waals surface area (Å²) < 4.78 is 47.3. The molecule has 7 nitrogen and oxygen atoms in total. The molecule has 0 bridgehead atoms. The predicted octanol–water partition coefficient (Wildman–Crippen LogP) is 4.92. The first-order valence-electron chi connectivity index (χ1n) is 9.74. The number of carbonyl (C=O) groups is 2. The highest BCUT2D eigenvalue weighted by Gasteiger charge is 2.34. The number of amides is 2. The van der Waals surface area contributed by atoms with Gasteiger partial charge in [0, 0.05) is 11.9 Å². The fraction of sp³-hybridized carbons (Fsp3) is 0.0870. The zero-order chi connectivity index (χ0) is 23.4. The molecule has 0 fully saturated rings. The van der Waals surface area contributed by atoms with Gasteiger partial charge in [-0.15, -0.1) is 0 Å². The van der Waals surface area contributed by atoms with Gasteiger partial charge in [0.25, 0.3) is 5.91 Å². The number of hydrogen-bond acceptors (Lipinski definition) is 4. The number of para-hydroxylation sites is 1. The van der Waals surface area contributed by atoms with Crippen LogP contribution in [0.3, 0.4) is 0 Å². The molecule has 10 heteroatoms. The van der Waals surface area contributed by atoms with Gasteiger partial charge in [-0.05, 0) is 48.0 Å². The highest BCUT2D eigenvalue weighted by atomic mass is 19.4. The number of hydrogen-bond donors (Lipinski definition) is 2. The summed E-state index contributed by atoms with van der Waals surface area (Å²) in [5.74, 6) is -1.38. The van der Waals surface area contributed by atoms with Crippen molar-refractivity contribution in [3.8, 4) is 5.69 Å². The van der Waals surface area contributed by atoms with Crippen molar-refractivity contribution in [2.45, 2.75) is 12.6 Å². The Balaban J connectivity index is 1.48. The molecule has 0 saturated heterocycles. The standard InChI is InChI=1S/C23H17F3N4O3/c24-23(25,26)18-12-16(28-22(32)20-7-4-10-33-20)8-9-19(18)29-21(31)11-15-13-27-30(14-15)17-5-2-1-3-6-17/h1-10,12-14H,11H2,(H,28,32)(H,29,31). The van der Waals surface area contributed by atoms with Crippen LogP contribution < -0.4 is 10.6 Å². The second-order valence-corrected chi connectivity index (χ2v) is 7.04. The van der Waals surface area contributed by atoms with Crippen LogP contribution in [0, 0.1) is 0 Å². The molecule has 168 valence electrons. The molecule has 0 aliphatic heterocycles. The minimum Gasteiger partial charge on any atom is -0.459 e. The van der Waals surface area contributed by atoms with E-state index in [-0.39, 0.29) is 17.9 Å². The molecule has 2 heterocycles. The van der Waals surface area contributed by atoms with Crippen molar-refractivity contribution in [3.05, 3.63) is 96.2 Å². The monoisotopic (exact) mass is 454 g/mol. The quantitative estimate of drug-likeness (QED) is 0.433. The number of rotatable bonds is 6. The summed E-state index contributed by atoms with van der Waals surface area (Å²) in [5.41, 5.74) is -0.277. The smallest absolute Gasteiger partial charge is 0.418 e. The first kappa shape index (κ1) is 21.9. The highest BCUT2D eigenvalue weighted by molar-refractivity contribution is 6.02. The summed E-state index contributed by atoms with van der Waals surface area (Å²) >= 11 is 0. The van der Waals surface area contributed by atoms with Crippen LogP contribution in [0.4, 0.5) is 24.5 Å². The van der Waals surface area contributed by atoms with E-state index < -0.39 is 29.2 Å². The number of nitrogens with zero attached hydrogens (tertiary/aromatic N) is 2. The number of furan rings is 1. The minimum absolute atomic E-state index is 0.0445. The molecule has 0 atom stereocenters. The maximum atomic E-state index is 13.6. The molecule has 0 radical (unpaired) electrons. The van der Waals surface area contributed by atoms with Crippen LogP contribution >= 0.6 is 0 Å². The van der Waals surface area contributed by atoms with Crippen molar-refractivity contribution in [2.24, 2.45) is 0 Å². The maximum absolute atomic E-state index is 13.6. The molecule has 0 unspecified atom stereocenters. The van der Waals surface area contributed by atoms with E-state index >= 15 is 0 Å². The van der Waals surface area contributed by atoms with Crippen LogP contribution in [0.5, 0.6) is 0 Å². The lowest BCUT2D eigenvalue weighted by Crippen LogP contribution is -2.19. The van der Waals surface area contributed by atoms with Gasteiger partial charge in [-0.25, -0.2) is 4.68 Å². The van der Waals surface area contributed by atoms with Gasteiger partial charge >= 0.3 is 6.18 Å². The summed E-state index contributed by atoms with van der Waals surface area (Å²) in [5, 5.41) is 8.81. The second-order valence-electron chi connectivity index (χ2n) is 7.04. The van der Waals surface area contributed by atoms with Crippen LogP contribution in [-0.2, 0) is 17.4 Å². The molecule has 2 N–H and O–H groups in total. The first-order valence-corrected chi connectivity index (χ1v) is 9.74. The zero-order valence-electron chi connectivity index (χ0n) is 17.0. The van der Waals surface area contributed by atoms with Crippen LogP contribution in [0.15, 0.2) is 83.7 Å². The predicted molar refractivity (Wildman–Crippen MR) is 114 cm³/mol. The Bertz CT molecular complexity index is 1270. The molecule has 0 aliphatic carbocycles. The van der Waals surface area contributed by atoms with Crippen molar-refractivity contribution in [2.75, 3.05) is 10.6 Å².